The molecule has 0 spiro atoms. The van der Waals surface area contributed by atoms with E-state index in [0.29, 0.717) is 34.6 Å². The molecule has 2 aromatic carbocycles. The van der Waals surface area contributed by atoms with Gasteiger partial charge >= 0.3 is 0 Å². The van der Waals surface area contributed by atoms with Gasteiger partial charge in [0.15, 0.2) is 11.5 Å². The van der Waals surface area contributed by atoms with E-state index in [9.17, 15) is 24.3 Å². The van der Waals surface area contributed by atoms with Crippen LogP contribution in [0.2, 0.25) is 0 Å². The van der Waals surface area contributed by atoms with Gasteiger partial charge in [0.1, 0.15) is 11.8 Å². The van der Waals surface area contributed by atoms with Crippen molar-refractivity contribution in [1.29, 1.82) is 0 Å². The highest BCUT2D eigenvalue weighted by atomic mass is 16.7. The average Bonchev–Trinajstić information content (AvgIpc) is 3.39. The number of ether oxygens (including phenoxy) is 3. The van der Waals surface area contributed by atoms with Crippen molar-refractivity contribution >= 4 is 29.4 Å². The number of methoxy groups -OCH3 is 1. The van der Waals surface area contributed by atoms with Gasteiger partial charge in [-0.1, -0.05) is 6.07 Å². The number of carbonyl (C=O) groups excluding carboxylic acids is 4. The van der Waals surface area contributed by atoms with Crippen LogP contribution in [-0.2, 0) is 25.7 Å². The molecule has 1 atom stereocenters. The maximum Gasteiger partial charge on any atom is 0.257 e. The van der Waals surface area contributed by atoms with Gasteiger partial charge in [-0.2, -0.15) is 0 Å². The second-order valence-electron chi connectivity index (χ2n) is 7.29. The summed E-state index contributed by atoms with van der Waals surface area (Å²) in [7, 11) is 1.50. The zero-order valence-electron chi connectivity index (χ0n) is 17.6. The van der Waals surface area contributed by atoms with E-state index in [1.54, 1.807) is 42.5 Å². The minimum atomic E-state index is -1.56. The SMILES string of the molecule is COc1ccc(N2C(=O)C[C@H](N(Cc3ccc4c(c3)OCO4)C(=O)/C=C/C(=O)[O-])C2=O)cc1. The Morgan fingerprint density at radius 1 is 1.12 bits per heavy atom. The molecule has 2 heterocycles. The Hall–Kier alpha value is -4.34. The van der Waals surface area contributed by atoms with Gasteiger partial charge in [0.05, 0.1) is 25.2 Å². The predicted octanol–water partition coefficient (Wildman–Crippen LogP) is 0.391. The van der Waals surface area contributed by atoms with Gasteiger partial charge in [-0.3, -0.25) is 14.4 Å². The molecule has 33 heavy (non-hydrogen) atoms. The fraction of sp³-hybridized carbons (Fsp3) is 0.217. The summed E-state index contributed by atoms with van der Waals surface area (Å²) in [5, 5.41) is 10.8. The number of carbonyl (C=O) groups is 4. The summed E-state index contributed by atoms with van der Waals surface area (Å²) in [6.45, 7) is 0.00914. The van der Waals surface area contributed by atoms with Crippen molar-refractivity contribution < 1.29 is 38.5 Å². The first-order valence-electron chi connectivity index (χ1n) is 9.96. The third-order valence-corrected chi connectivity index (χ3v) is 5.26. The van der Waals surface area contributed by atoms with Gasteiger partial charge in [0.2, 0.25) is 18.6 Å². The lowest BCUT2D eigenvalue weighted by atomic mass is 10.1. The number of carboxylic acids is 1. The van der Waals surface area contributed by atoms with Crippen LogP contribution in [0, 0.1) is 0 Å². The Balaban J connectivity index is 1.63. The number of fused-ring (bicyclic) bond motifs is 1. The lowest BCUT2D eigenvalue weighted by Gasteiger charge is -2.27. The highest BCUT2D eigenvalue weighted by molar-refractivity contribution is 6.23. The number of benzene rings is 2. The van der Waals surface area contributed by atoms with E-state index in [1.165, 1.54) is 7.11 Å². The Labute approximate surface area is 188 Å². The number of hydrogen-bond acceptors (Lipinski definition) is 8. The van der Waals surface area contributed by atoms with E-state index < -0.39 is 29.7 Å². The van der Waals surface area contributed by atoms with Gasteiger partial charge in [0.25, 0.3) is 5.91 Å². The summed E-state index contributed by atoms with van der Waals surface area (Å²) < 4.78 is 15.7. The molecule has 0 aromatic heterocycles. The standard InChI is InChI=1S/C23H20N2O8/c1-31-16-5-3-15(4-6-16)25-21(27)11-17(23(25)30)24(20(26)8-9-22(28)29)12-14-2-7-18-19(10-14)33-13-32-18/h2-10,17H,11-13H2,1H3,(H,28,29)/p-1/b9-8+/t17-/m0/s1. The summed E-state index contributed by atoms with van der Waals surface area (Å²) in [6.07, 6.45) is 1.13. The quantitative estimate of drug-likeness (QED) is 0.437. The van der Waals surface area contributed by atoms with Crippen LogP contribution >= 0.6 is 0 Å². The number of hydrogen-bond donors (Lipinski definition) is 0. The fourth-order valence-electron chi connectivity index (χ4n) is 3.67. The number of amides is 3. The highest BCUT2D eigenvalue weighted by Crippen LogP contribution is 2.34. The molecule has 2 aliphatic heterocycles. The molecule has 0 radical (unpaired) electrons. The average molecular weight is 451 g/mol. The fourth-order valence-corrected chi connectivity index (χ4v) is 3.67. The summed E-state index contributed by atoms with van der Waals surface area (Å²) in [5.74, 6) is -1.80. The number of rotatable bonds is 7. The van der Waals surface area contributed by atoms with Crippen molar-refractivity contribution in [2.45, 2.75) is 19.0 Å². The first-order valence-corrected chi connectivity index (χ1v) is 9.96. The molecule has 170 valence electrons. The van der Waals surface area contributed by atoms with Crippen LogP contribution in [0.15, 0.2) is 54.6 Å². The summed E-state index contributed by atoms with van der Waals surface area (Å²) >= 11 is 0. The highest BCUT2D eigenvalue weighted by Gasteiger charge is 2.44. The Bertz CT molecular complexity index is 1140. The Kier molecular flexibility index (Phi) is 5.99. The van der Waals surface area contributed by atoms with Crippen molar-refractivity contribution in [3.63, 3.8) is 0 Å². The van der Waals surface area contributed by atoms with E-state index in [0.717, 1.165) is 15.9 Å². The van der Waals surface area contributed by atoms with Gasteiger partial charge in [-0.25, -0.2) is 4.90 Å². The molecule has 1 fully saturated rings. The van der Waals surface area contributed by atoms with E-state index in [2.05, 4.69) is 0 Å². The van der Waals surface area contributed by atoms with E-state index in [4.69, 9.17) is 14.2 Å². The molecule has 0 saturated carbocycles. The number of nitrogens with zero attached hydrogens (tertiary/aromatic N) is 2. The van der Waals surface area contributed by atoms with Crippen LogP contribution in [0.4, 0.5) is 5.69 Å². The zero-order chi connectivity index (χ0) is 23.5. The molecular weight excluding hydrogens is 432 g/mol. The lowest BCUT2D eigenvalue weighted by Crippen LogP contribution is -2.44. The van der Waals surface area contributed by atoms with Gasteiger partial charge in [0, 0.05) is 12.6 Å². The molecule has 2 aromatic rings. The first-order chi connectivity index (χ1) is 15.9. The van der Waals surface area contributed by atoms with Crippen molar-refractivity contribution in [3.05, 3.63) is 60.2 Å². The van der Waals surface area contributed by atoms with Crippen molar-refractivity contribution in [2.75, 3.05) is 18.8 Å². The van der Waals surface area contributed by atoms with Crippen molar-refractivity contribution in [3.8, 4) is 17.2 Å². The number of aliphatic carboxylic acids is 1. The van der Waals surface area contributed by atoms with Crippen LogP contribution in [0.1, 0.15) is 12.0 Å². The van der Waals surface area contributed by atoms with Crippen LogP contribution in [0.25, 0.3) is 0 Å². The second kappa shape index (κ2) is 9.03. The lowest BCUT2D eigenvalue weighted by molar-refractivity contribution is -0.297. The van der Waals surface area contributed by atoms with Crippen LogP contribution in [0.3, 0.4) is 0 Å². The van der Waals surface area contributed by atoms with Gasteiger partial charge in [-0.15, -0.1) is 0 Å². The summed E-state index contributed by atoms with van der Waals surface area (Å²) in [4.78, 5) is 51.7. The first kappa shape index (κ1) is 21.9. The Morgan fingerprint density at radius 3 is 2.55 bits per heavy atom. The summed E-state index contributed by atoms with van der Waals surface area (Å²) in [5.41, 5.74) is 0.951. The smallest absolute Gasteiger partial charge is 0.257 e. The van der Waals surface area contributed by atoms with E-state index in [1.807, 2.05) is 0 Å². The normalized spacial score (nSPS) is 17.0. The minimum absolute atomic E-state index is 0.0625. The van der Waals surface area contributed by atoms with E-state index >= 15 is 0 Å². The molecule has 0 bridgehead atoms. The Morgan fingerprint density at radius 2 is 1.85 bits per heavy atom. The minimum Gasteiger partial charge on any atom is -0.545 e. The monoisotopic (exact) mass is 451 g/mol. The van der Waals surface area contributed by atoms with E-state index in [-0.39, 0.29) is 19.8 Å². The number of carboxylic acid groups (broad SMARTS) is 1. The van der Waals surface area contributed by atoms with Crippen LogP contribution < -0.4 is 24.2 Å². The number of imide groups is 1. The topological polar surface area (TPSA) is 126 Å². The van der Waals surface area contributed by atoms with Gasteiger partial charge < -0.3 is 29.0 Å². The second-order valence-corrected chi connectivity index (χ2v) is 7.29. The third kappa shape index (κ3) is 4.49. The van der Waals surface area contributed by atoms with Gasteiger partial charge in [-0.05, 0) is 48.0 Å². The molecule has 0 N–H and O–H groups in total. The third-order valence-electron chi connectivity index (χ3n) is 5.26. The zero-order valence-corrected chi connectivity index (χ0v) is 17.6. The predicted molar refractivity (Wildman–Crippen MR) is 111 cm³/mol. The maximum atomic E-state index is 13.2. The van der Waals surface area contributed by atoms with Crippen LogP contribution in [0.5, 0.6) is 17.2 Å². The molecule has 1 saturated heterocycles. The molecule has 2 aliphatic rings. The molecule has 3 amide bonds. The molecule has 0 aliphatic carbocycles. The van der Waals surface area contributed by atoms with Crippen LogP contribution in [-0.4, -0.2) is 48.5 Å². The largest absolute Gasteiger partial charge is 0.545 e. The molecule has 10 heteroatoms. The summed E-state index contributed by atoms with van der Waals surface area (Å²) in [6, 6.07) is 10.3. The maximum absolute atomic E-state index is 13.2. The molecule has 4 rings (SSSR count). The molecule has 10 nitrogen and oxygen atoms in total. The van der Waals surface area contributed by atoms with Crippen molar-refractivity contribution in [2.24, 2.45) is 0 Å². The number of anilines is 1. The molecular formula is C23H19N2O8-. The molecule has 0 unspecified atom stereocenters. The van der Waals surface area contributed by atoms with Crippen molar-refractivity contribution in [1.82, 2.24) is 4.90 Å².